The Balaban J connectivity index is 0.000000193. The summed E-state index contributed by atoms with van der Waals surface area (Å²) in [5, 5.41) is 5.69. The first-order valence-electron chi connectivity index (χ1n) is 19.9. The van der Waals surface area contributed by atoms with Gasteiger partial charge in [0.1, 0.15) is 11.2 Å². The molecular formula is C52H49FIrN2O2Si-2. The maximum Gasteiger partial charge on any atom is 0.151 e. The Morgan fingerprint density at radius 3 is 2.05 bits per heavy atom. The zero-order valence-electron chi connectivity index (χ0n) is 35.2. The largest absolute Gasteiger partial charge is 0.500 e. The smallest absolute Gasteiger partial charge is 0.151 e. The number of furan rings is 2. The van der Waals surface area contributed by atoms with Crippen LogP contribution in [-0.2, 0) is 31.9 Å². The minimum atomic E-state index is -1.49. The summed E-state index contributed by atoms with van der Waals surface area (Å²) in [6.07, 6.45) is 4.74. The van der Waals surface area contributed by atoms with E-state index in [0.29, 0.717) is 16.8 Å². The molecule has 5 aromatic carbocycles. The van der Waals surface area contributed by atoms with Crippen LogP contribution >= 0.6 is 0 Å². The van der Waals surface area contributed by atoms with Gasteiger partial charge in [-0.15, -0.1) is 42.0 Å². The van der Waals surface area contributed by atoms with Gasteiger partial charge in [-0.25, -0.2) is 0 Å². The van der Waals surface area contributed by atoms with E-state index in [4.69, 9.17) is 8.83 Å². The number of nitrogens with zero attached hydrogens (tertiary/aromatic N) is 2. The number of aryl methyl sites for hydroxylation is 1. The Hall–Kier alpha value is -5.20. The maximum absolute atomic E-state index is 14.4. The molecule has 1 radical (unpaired) electrons. The molecule has 9 aromatic rings. The van der Waals surface area contributed by atoms with E-state index in [2.05, 4.69) is 149 Å². The van der Waals surface area contributed by atoms with Crippen LogP contribution in [0.15, 0.2) is 130 Å². The molecule has 0 atom stereocenters. The van der Waals surface area contributed by atoms with Crippen molar-refractivity contribution in [1.29, 1.82) is 0 Å². The van der Waals surface area contributed by atoms with Crippen molar-refractivity contribution in [2.45, 2.75) is 73.0 Å². The molecule has 59 heavy (non-hydrogen) atoms. The van der Waals surface area contributed by atoms with Gasteiger partial charge in [0.05, 0.1) is 19.9 Å². The molecule has 0 saturated carbocycles. The van der Waals surface area contributed by atoms with Crippen LogP contribution in [-0.4, -0.2) is 18.0 Å². The molecule has 0 aliphatic rings. The van der Waals surface area contributed by atoms with Gasteiger partial charge in [0.2, 0.25) is 0 Å². The average Bonchev–Trinajstić information content (AvgIpc) is 3.75. The zero-order valence-corrected chi connectivity index (χ0v) is 38.6. The van der Waals surface area contributed by atoms with Crippen molar-refractivity contribution in [3.05, 3.63) is 162 Å². The van der Waals surface area contributed by atoms with Gasteiger partial charge >= 0.3 is 0 Å². The Labute approximate surface area is 361 Å². The van der Waals surface area contributed by atoms with Crippen LogP contribution in [0, 0.1) is 30.3 Å². The van der Waals surface area contributed by atoms with E-state index < -0.39 is 8.07 Å². The minimum absolute atomic E-state index is 0. The third kappa shape index (κ3) is 8.47. The fourth-order valence-corrected chi connectivity index (χ4v) is 9.43. The predicted molar refractivity (Wildman–Crippen MR) is 241 cm³/mol. The van der Waals surface area contributed by atoms with E-state index in [1.54, 1.807) is 25.3 Å². The summed E-state index contributed by atoms with van der Waals surface area (Å²) in [5.74, 6) is -0.220. The summed E-state index contributed by atoms with van der Waals surface area (Å²) < 4.78 is 26.5. The van der Waals surface area contributed by atoms with E-state index in [1.165, 1.54) is 21.9 Å². The van der Waals surface area contributed by atoms with Crippen molar-refractivity contribution in [2.24, 2.45) is 5.41 Å². The van der Waals surface area contributed by atoms with Crippen LogP contribution in [0.2, 0.25) is 19.6 Å². The zero-order chi connectivity index (χ0) is 41.0. The molecule has 301 valence electrons. The molecule has 4 heterocycles. The monoisotopic (exact) mass is 973 g/mol. The van der Waals surface area contributed by atoms with Gasteiger partial charge in [-0.2, -0.15) is 0 Å². The number of hydrogen-bond donors (Lipinski definition) is 0. The number of pyridine rings is 2. The van der Waals surface area contributed by atoms with Crippen molar-refractivity contribution in [2.75, 3.05) is 0 Å². The van der Waals surface area contributed by atoms with E-state index in [0.717, 1.165) is 61.6 Å². The third-order valence-electron chi connectivity index (χ3n) is 11.1. The number of benzene rings is 5. The standard InChI is InChI=1S/C32H22NO2.C20H27FNSi.Ir/c1-32(2,21-8-4-3-5-9-21)22-13-15-30-25(17-22)24-16-20(12-14-29(24)34-30)27-18-26-23-10-6-7-11-28(23)35-31(26)19-33-27;1-14-9-8-10-16(19(14)21)17-11-15(12-20(2,3)4)18(13-22-17)23(5,6)7;/h3-11,13-19H,1-2H3;8-9,11,13H,12H2,1-7H3;/q2*-1;. The summed E-state index contributed by atoms with van der Waals surface area (Å²) in [6.45, 7) is 20.0. The Bertz CT molecular complexity index is 2950. The summed E-state index contributed by atoms with van der Waals surface area (Å²) in [7, 11) is -1.49. The second-order valence-electron chi connectivity index (χ2n) is 18.2. The third-order valence-corrected chi connectivity index (χ3v) is 13.1. The predicted octanol–water partition coefficient (Wildman–Crippen LogP) is 13.8. The number of hydrogen-bond acceptors (Lipinski definition) is 4. The second kappa shape index (κ2) is 16.1. The first kappa shape index (κ1) is 41.9. The summed E-state index contributed by atoms with van der Waals surface area (Å²) in [6, 6.07) is 43.3. The van der Waals surface area contributed by atoms with Gasteiger partial charge in [0, 0.05) is 53.7 Å². The van der Waals surface area contributed by atoms with Crippen LogP contribution in [0.25, 0.3) is 66.4 Å². The minimum Gasteiger partial charge on any atom is -0.500 e. The number of rotatable bonds is 6. The van der Waals surface area contributed by atoms with Crippen molar-refractivity contribution < 1.29 is 33.3 Å². The van der Waals surface area contributed by atoms with Crippen molar-refractivity contribution >= 4 is 57.1 Å². The van der Waals surface area contributed by atoms with Gasteiger partial charge in [-0.3, -0.25) is 4.39 Å². The van der Waals surface area contributed by atoms with Crippen molar-refractivity contribution in [3.63, 3.8) is 0 Å². The fourth-order valence-electron chi connectivity index (χ4n) is 7.85. The molecule has 0 amide bonds. The first-order chi connectivity index (χ1) is 27.6. The maximum atomic E-state index is 14.4. The molecular weight excluding hydrogens is 924 g/mol. The van der Waals surface area contributed by atoms with Gasteiger partial charge in [-0.1, -0.05) is 150 Å². The molecule has 0 unspecified atom stereocenters. The molecule has 0 spiro atoms. The summed E-state index contributed by atoms with van der Waals surface area (Å²) >= 11 is 0. The van der Waals surface area contributed by atoms with Crippen LogP contribution in [0.1, 0.15) is 56.9 Å². The Morgan fingerprint density at radius 2 is 1.31 bits per heavy atom. The van der Waals surface area contributed by atoms with Crippen LogP contribution in [0.5, 0.6) is 0 Å². The molecule has 4 aromatic heterocycles. The van der Waals surface area contributed by atoms with Crippen molar-refractivity contribution in [3.8, 4) is 22.5 Å². The van der Waals surface area contributed by atoms with Gasteiger partial charge in [0.15, 0.2) is 5.58 Å². The summed E-state index contributed by atoms with van der Waals surface area (Å²) in [4.78, 5) is 9.26. The van der Waals surface area contributed by atoms with Crippen molar-refractivity contribution in [1.82, 2.24) is 9.97 Å². The van der Waals surface area contributed by atoms with Gasteiger partial charge in [-0.05, 0) is 57.7 Å². The number of halogens is 1. The number of para-hydroxylation sites is 1. The molecule has 0 bridgehead atoms. The Kier molecular flexibility index (Phi) is 11.4. The normalized spacial score (nSPS) is 12.2. The van der Waals surface area contributed by atoms with E-state index in [-0.39, 0.29) is 36.8 Å². The van der Waals surface area contributed by atoms with Gasteiger partial charge < -0.3 is 18.8 Å². The average molecular weight is 973 g/mol. The fraction of sp³-hybridized carbons (Fsp3) is 0.231. The van der Waals surface area contributed by atoms with Crippen LogP contribution in [0.4, 0.5) is 4.39 Å². The van der Waals surface area contributed by atoms with Crippen LogP contribution in [0.3, 0.4) is 0 Å². The molecule has 0 N–H and O–H groups in total. The molecule has 0 fully saturated rings. The topological polar surface area (TPSA) is 52.1 Å². The number of fused-ring (bicyclic) bond motifs is 6. The number of aromatic nitrogens is 2. The quantitative estimate of drug-likeness (QED) is 0.123. The second-order valence-corrected chi connectivity index (χ2v) is 23.2. The molecule has 0 saturated heterocycles. The van der Waals surface area contributed by atoms with Crippen LogP contribution < -0.4 is 5.19 Å². The molecule has 0 aliphatic heterocycles. The summed E-state index contributed by atoms with van der Waals surface area (Å²) in [5.41, 5.74) is 10.8. The van der Waals surface area contributed by atoms with E-state index in [1.807, 2.05) is 30.5 Å². The molecule has 9 rings (SSSR count). The van der Waals surface area contributed by atoms with Gasteiger partial charge in [0.25, 0.3) is 0 Å². The molecule has 7 heteroatoms. The Morgan fingerprint density at radius 1 is 0.644 bits per heavy atom. The van der Waals surface area contributed by atoms with E-state index >= 15 is 0 Å². The first-order valence-corrected chi connectivity index (χ1v) is 23.4. The SMILES string of the molecule is CC(C)(c1ccccc1)c1ccc2oc3c[c-]c(-c4cc5c(cn4)oc4ccccc45)cc3c2c1.Cc1cc[c-]c(-c2cc(CC(C)(C)C)c([Si](C)(C)C)cn2)c1F.[Ir]. The molecule has 4 nitrogen and oxygen atoms in total. The van der Waals surface area contributed by atoms with E-state index in [9.17, 15) is 4.39 Å². The molecule has 0 aliphatic carbocycles.